The zero-order valence-electron chi connectivity index (χ0n) is 17.8. The van der Waals surface area contributed by atoms with E-state index in [2.05, 4.69) is 25.3 Å². The van der Waals surface area contributed by atoms with Crippen LogP contribution in [-0.4, -0.2) is 63.2 Å². The number of fused-ring (bicyclic) bond motifs is 1. The molecule has 0 saturated carbocycles. The Hall–Kier alpha value is -2.91. The quantitative estimate of drug-likeness (QED) is 0.622. The molecule has 1 N–H and O–H groups in total. The van der Waals surface area contributed by atoms with Gasteiger partial charge in [0.2, 0.25) is 5.91 Å². The molecule has 4 rings (SSSR count). The number of nitrogens with zero attached hydrogens (tertiary/aromatic N) is 5. The molecule has 8 nitrogen and oxygen atoms in total. The highest BCUT2D eigenvalue weighted by molar-refractivity contribution is 5.76. The van der Waals surface area contributed by atoms with Gasteiger partial charge in [0.1, 0.15) is 12.1 Å². The Morgan fingerprint density at radius 1 is 1.23 bits per heavy atom. The first kappa shape index (κ1) is 21.3. The van der Waals surface area contributed by atoms with Gasteiger partial charge in [-0.15, -0.1) is 0 Å². The molecular weight excluding hydrogens is 399 g/mol. The molecular formula is C22H27FN6O2. The molecule has 0 radical (unpaired) electrons. The molecule has 31 heavy (non-hydrogen) atoms. The number of carbonyl (C=O) groups excluding carboxylic acids is 1. The predicted octanol–water partition coefficient (Wildman–Crippen LogP) is 2.00. The summed E-state index contributed by atoms with van der Waals surface area (Å²) >= 11 is 0. The van der Waals surface area contributed by atoms with E-state index in [1.165, 1.54) is 18.5 Å². The molecule has 1 saturated heterocycles. The van der Waals surface area contributed by atoms with Crippen LogP contribution in [0, 0.1) is 19.7 Å². The monoisotopic (exact) mass is 426 g/mol. The second-order valence-electron chi connectivity index (χ2n) is 7.75. The maximum Gasteiger partial charge on any atom is 0.252 e. The number of aryl methyl sites for hydroxylation is 2. The smallest absolute Gasteiger partial charge is 0.252 e. The van der Waals surface area contributed by atoms with Gasteiger partial charge in [0, 0.05) is 37.4 Å². The number of aromatic nitrogens is 4. The third-order valence-corrected chi connectivity index (χ3v) is 5.82. The molecule has 0 spiro atoms. The van der Waals surface area contributed by atoms with E-state index >= 15 is 0 Å². The highest BCUT2D eigenvalue weighted by Gasteiger charge is 2.23. The van der Waals surface area contributed by atoms with Crippen LogP contribution in [0.4, 0.5) is 4.39 Å². The van der Waals surface area contributed by atoms with Crippen LogP contribution in [0.3, 0.4) is 0 Å². The molecule has 1 atom stereocenters. The summed E-state index contributed by atoms with van der Waals surface area (Å²) in [6.07, 6.45) is 2.40. The standard InChI is InChI=1S/C22H27FN6O2/c1-15-19(16(2)29-22(27-15)25-14-26-29)7-8-21(30)24-13-20(28-9-11-31-12-10-28)17-3-5-18(23)6-4-17/h3-6,14,20H,7-13H2,1-2H3,(H,24,30). The molecule has 2 aromatic heterocycles. The van der Waals surface area contributed by atoms with Gasteiger partial charge < -0.3 is 10.1 Å². The first-order chi connectivity index (χ1) is 15.0. The van der Waals surface area contributed by atoms with Crippen molar-refractivity contribution in [2.45, 2.75) is 32.7 Å². The number of rotatable bonds is 7. The lowest BCUT2D eigenvalue weighted by Crippen LogP contribution is -2.43. The summed E-state index contributed by atoms with van der Waals surface area (Å²) in [4.78, 5) is 23.5. The summed E-state index contributed by atoms with van der Waals surface area (Å²) in [6.45, 7) is 7.22. The summed E-state index contributed by atoms with van der Waals surface area (Å²) in [7, 11) is 0. The lowest BCUT2D eigenvalue weighted by atomic mass is 10.0. The Bertz CT molecular complexity index is 1050. The minimum absolute atomic E-state index is 0.0231. The average Bonchev–Trinajstić information content (AvgIpc) is 3.24. The van der Waals surface area contributed by atoms with Gasteiger partial charge in [0.15, 0.2) is 0 Å². The fourth-order valence-corrected chi connectivity index (χ4v) is 4.09. The third kappa shape index (κ3) is 4.88. The molecule has 9 heteroatoms. The predicted molar refractivity (Wildman–Crippen MR) is 113 cm³/mol. The molecule has 0 aliphatic carbocycles. The molecule has 1 amide bonds. The molecule has 1 unspecified atom stereocenters. The van der Waals surface area contributed by atoms with Crippen molar-refractivity contribution in [3.05, 3.63) is 58.9 Å². The van der Waals surface area contributed by atoms with Crippen LogP contribution >= 0.6 is 0 Å². The maximum absolute atomic E-state index is 13.4. The van der Waals surface area contributed by atoms with Crippen molar-refractivity contribution in [3.63, 3.8) is 0 Å². The number of hydrogen-bond acceptors (Lipinski definition) is 6. The van der Waals surface area contributed by atoms with E-state index in [9.17, 15) is 9.18 Å². The van der Waals surface area contributed by atoms with Gasteiger partial charge in [-0.05, 0) is 43.5 Å². The summed E-state index contributed by atoms with van der Waals surface area (Å²) in [5, 5.41) is 7.26. The van der Waals surface area contributed by atoms with Crippen LogP contribution in [0.15, 0.2) is 30.6 Å². The van der Waals surface area contributed by atoms with Gasteiger partial charge in [0.25, 0.3) is 5.78 Å². The number of morpholine rings is 1. The Balaban J connectivity index is 1.40. The normalized spacial score (nSPS) is 15.8. The lowest BCUT2D eigenvalue weighted by molar-refractivity contribution is -0.121. The van der Waals surface area contributed by atoms with Crippen LogP contribution in [0.25, 0.3) is 5.78 Å². The molecule has 3 aromatic rings. The van der Waals surface area contributed by atoms with Crippen molar-refractivity contribution in [2.24, 2.45) is 0 Å². The highest BCUT2D eigenvalue weighted by Crippen LogP contribution is 2.22. The minimum Gasteiger partial charge on any atom is -0.379 e. The van der Waals surface area contributed by atoms with Crippen LogP contribution in [-0.2, 0) is 16.0 Å². The van der Waals surface area contributed by atoms with Crippen molar-refractivity contribution < 1.29 is 13.9 Å². The Kier molecular flexibility index (Phi) is 6.53. The second-order valence-corrected chi connectivity index (χ2v) is 7.75. The van der Waals surface area contributed by atoms with E-state index in [4.69, 9.17) is 4.74 Å². The van der Waals surface area contributed by atoms with E-state index in [1.54, 1.807) is 16.6 Å². The number of carbonyl (C=O) groups is 1. The summed E-state index contributed by atoms with van der Waals surface area (Å²) in [6, 6.07) is 6.47. The van der Waals surface area contributed by atoms with Crippen molar-refractivity contribution >= 4 is 11.7 Å². The summed E-state index contributed by atoms with van der Waals surface area (Å²) < 4.78 is 20.5. The Labute approximate surface area is 180 Å². The largest absolute Gasteiger partial charge is 0.379 e. The third-order valence-electron chi connectivity index (χ3n) is 5.82. The molecule has 0 bridgehead atoms. The van der Waals surface area contributed by atoms with E-state index < -0.39 is 0 Å². The number of ether oxygens (including phenoxy) is 1. The van der Waals surface area contributed by atoms with Gasteiger partial charge in [-0.1, -0.05) is 12.1 Å². The average molecular weight is 426 g/mol. The zero-order valence-corrected chi connectivity index (χ0v) is 17.8. The van der Waals surface area contributed by atoms with Crippen molar-refractivity contribution in [2.75, 3.05) is 32.8 Å². The first-order valence-corrected chi connectivity index (χ1v) is 10.5. The van der Waals surface area contributed by atoms with Crippen LogP contribution in [0.5, 0.6) is 0 Å². The molecule has 3 heterocycles. The molecule has 1 aromatic carbocycles. The van der Waals surface area contributed by atoms with Crippen molar-refractivity contribution in [1.29, 1.82) is 0 Å². The van der Waals surface area contributed by atoms with Crippen LogP contribution < -0.4 is 5.32 Å². The number of halogens is 1. The van der Waals surface area contributed by atoms with Gasteiger partial charge in [-0.2, -0.15) is 10.1 Å². The number of hydrogen-bond donors (Lipinski definition) is 1. The van der Waals surface area contributed by atoms with Gasteiger partial charge in [-0.3, -0.25) is 9.69 Å². The Morgan fingerprint density at radius 2 is 1.97 bits per heavy atom. The van der Waals surface area contributed by atoms with Crippen molar-refractivity contribution in [1.82, 2.24) is 29.8 Å². The van der Waals surface area contributed by atoms with E-state index in [0.29, 0.717) is 38.4 Å². The number of benzene rings is 1. The number of nitrogens with one attached hydrogen (secondary N) is 1. The topological polar surface area (TPSA) is 84.6 Å². The Morgan fingerprint density at radius 3 is 2.71 bits per heavy atom. The minimum atomic E-state index is -0.266. The van der Waals surface area contributed by atoms with Crippen molar-refractivity contribution in [3.8, 4) is 0 Å². The highest BCUT2D eigenvalue weighted by atomic mass is 19.1. The fraction of sp³-hybridized carbons (Fsp3) is 0.455. The van der Waals surface area contributed by atoms with Gasteiger partial charge in [0.05, 0.1) is 19.3 Å². The molecule has 1 aliphatic rings. The SMILES string of the molecule is Cc1nc2ncnn2c(C)c1CCC(=O)NCC(c1ccc(F)cc1)N1CCOCC1. The van der Waals surface area contributed by atoms with Gasteiger partial charge >= 0.3 is 0 Å². The second kappa shape index (κ2) is 9.49. The van der Waals surface area contributed by atoms with Crippen LogP contribution in [0.2, 0.25) is 0 Å². The molecule has 1 fully saturated rings. The molecule has 164 valence electrons. The zero-order chi connectivity index (χ0) is 21.8. The van der Waals surface area contributed by atoms with E-state index in [0.717, 1.165) is 35.6 Å². The summed E-state index contributed by atoms with van der Waals surface area (Å²) in [5.41, 5.74) is 3.81. The fourth-order valence-electron chi connectivity index (χ4n) is 4.09. The molecule has 1 aliphatic heterocycles. The number of amides is 1. The summed E-state index contributed by atoms with van der Waals surface area (Å²) in [5.74, 6) is 0.269. The van der Waals surface area contributed by atoms with E-state index in [-0.39, 0.29) is 17.8 Å². The maximum atomic E-state index is 13.4. The van der Waals surface area contributed by atoms with Gasteiger partial charge in [-0.25, -0.2) is 13.9 Å². The van der Waals surface area contributed by atoms with E-state index in [1.807, 2.05) is 13.8 Å². The lowest BCUT2D eigenvalue weighted by Gasteiger charge is -2.35. The first-order valence-electron chi connectivity index (χ1n) is 10.5. The van der Waals surface area contributed by atoms with Crippen LogP contribution in [0.1, 0.15) is 35.0 Å².